The molecule has 0 fully saturated rings. The third kappa shape index (κ3) is 2.22. The summed E-state index contributed by atoms with van der Waals surface area (Å²) in [7, 11) is 1.59. The third-order valence-electron chi connectivity index (χ3n) is 1.94. The molecule has 1 amide bonds. The molecular weight excluding hydrogens is 214 g/mol. The summed E-state index contributed by atoms with van der Waals surface area (Å²) in [5.74, 6) is -0.148. The maximum atomic E-state index is 11.3. The summed E-state index contributed by atoms with van der Waals surface area (Å²) in [6, 6.07) is 5.39. The number of amides is 1. The predicted octanol–water partition coefficient (Wildman–Crippen LogP) is 1.41. The van der Waals surface area contributed by atoms with Gasteiger partial charge in [-0.2, -0.15) is 0 Å². The van der Waals surface area contributed by atoms with E-state index in [1.165, 1.54) is 0 Å². The van der Waals surface area contributed by atoms with Crippen molar-refractivity contribution in [1.29, 1.82) is 0 Å². The first kappa shape index (κ1) is 11.4. The molecular formula is C10H10ClN3O. The number of rotatable bonds is 1. The van der Waals surface area contributed by atoms with Crippen molar-refractivity contribution in [1.82, 2.24) is 15.3 Å². The Kier molecular flexibility index (Phi) is 3.57. The molecule has 0 bridgehead atoms. The highest BCUT2D eigenvalue weighted by Gasteiger charge is 2.04. The second kappa shape index (κ2) is 4.70. The first-order valence-corrected chi connectivity index (χ1v) is 4.24. The lowest BCUT2D eigenvalue weighted by atomic mass is 10.2. The number of hydrogen-bond acceptors (Lipinski definition) is 3. The van der Waals surface area contributed by atoms with Gasteiger partial charge in [-0.15, -0.1) is 12.4 Å². The van der Waals surface area contributed by atoms with E-state index in [0.717, 1.165) is 11.0 Å². The molecule has 4 nitrogen and oxygen atoms in total. The Balaban J connectivity index is 0.00000112. The van der Waals surface area contributed by atoms with Crippen LogP contribution in [0.1, 0.15) is 10.4 Å². The highest BCUT2D eigenvalue weighted by atomic mass is 35.5. The average molecular weight is 224 g/mol. The van der Waals surface area contributed by atoms with Crippen LogP contribution in [-0.2, 0) is 0 Å². The third-order valence-corrected chi connectivity index (χ3v) is 1.94. The standard InChI is InChI=1S/C10H9N3O.ClH/c1-11-10(14)7-5-9-8(13-6-7)3-2-4-12-9;/h2-6H,1H3,(H,11,14);1H. The van der Waals surface area contributed by atoms with E-state index in [0.29, 0.717) is 5.56 Å². The van der Waals surface area contributed by atoms with Crippen LogP contribution in [0.5, 0.6) is 0 Å². The Morgan fingerprint density at radius 3 is 2.87 bits per heavy atom. The zero-order valence-electron chi connectivity index (χ0n) is 8.10. The molecule has 0 saturated heterocycles. The van der Waals surface area contributed by atoms with Crippen LogP contribution in [0.2, 0.25) is 0 Å². The maximum Gasteiger partial charge on any atom is 0.252 e. The molecule has 0 aliphatic rings. The van der Waals surface area contributed by atoms with Crippen molar-refractivity contribution in [2.24, 2.45) is 0 Å². The molecule has 1 N–H and O–H groups in total. The highest BCUT2D eigenvalue weighted by Crippen LogP contribution is 2.09. The van der Waals surface area contributed by atoms with E-state index in [2.05, 4.69) is 15.3 Å². The van der Waals surface area contributed by atoms with Crippen molar-refractivity contribution in [3.8, 4) is 0 Å². The number of aromatic nitrogens is 2. The van der Waals surface area contributed by atoms with Crippen LogP contribution in [0.4, 0.5) is 0 Å². The largest absolute Gasteiger partial charge is 0.355 e. The fourth-order valence-corrected chi connectivity index (χ4v) is 1.22. The minimum atomic E-state index is -0.148. The van der Waals surface area contributed by atoms with Gasteiger partial charge in [-0.3, -0.25) is 14.8 Å². The number of fused-ring (bicyclic) bond motifs is 1. The molecule has 0 atom stereocenters. The lowest BCUT2D eigenvalue weighted by Gasteiger charge is -2.00. The second-order valence-electron chi connectivity index (χ2n) is 2.84. The van der Waals surface area contributed by atoms with Gasteiger partial charge < -0.3 is 5.32 Å². The minimum Gasteiger partial charge on any atom is -0.355 e. The van der Waals surface area contributed by atoms with Crippen LogP contribution in [-0.4, -0.2) is 22.9 Å². The van der Waals surface area contributed by atoms with Crippen molar-refractivity contribution in [2.75, 3.05) is 7.05 Å². The van der Waals surface area contributed by atoms with E-state index in [-0.39, 0.29) is 18.3 Å². The summed E-state index contributed by atoms with van der Waals surface area (Å²) in [5.41, 5.74) is 2.05. The predicted molar refractivity (Wildman–Crippen MR) is 60.2 cm³/mol. The Morgan fingerprint density at radius 1 is 1.33 bits per heavy atom. The molecule has 0 aliphatic heterocycles. The van der Waals surface area contributed by atoms with Crippen molar-refractivity contribution in [3.63, 3.8) is 0 Å². The van der Waals surface area contributed by atoms with Crippen LogP contribution >= 0.6 is 12.4 Å². The van der Waals surface area contributed by atoms with Gasteiger partial charge in [0.2, 0.25) is 0 Å². The summed E-state index contributed by atoms with van der Waals surface area (Å²) in [6.07, 6.45) is 3.22. The Hall–Kier alpha value is -1.68. The molecule has 5 heteroatoms. The van der Waals surface area contributed by atoms with E-state index in [1.807, 2.05) is 12.1 Å². The van der Waals surface area contributed by atoms with Gasteiger partial charge in [0.05, 0.1) is 16.6 Å². The topological polar surface area (TPSA) is 54.9 Å². The number of carbonyl (C=O) groups is 1. The molecule has 2 rings (SSSR count). The van der Waals surface area contributed by atoms with E-state index in [4.69, 9.17) is 0 Å². The quantitative estimate of drug-likeness (QED) is 0.796. The number of nitrogens with zero attached hydrogens (tertiary/aromatic N) is 2. The minimum absolute atomic E-state index is 0. The number of nitrogens with one attached hydrogen (secondary N) is 1. The van der Waals surface area contributed by atoms with Gasteiger partial charge >= 0.3 is 0 Å². The average Bonchev–Trinajstić information content (AvgIpc) is 2.27. The van der Waals surface area contributed by atoms with Gasteiger partial charge in [0.1, 0.15) is 0 Å². The molecule has 2 aromatic heterocycles. The van der Waals surface area contributed by atoms with Gasteiger partial charge in [-0.1, -0.05) is 0 Å². The zero-order chi connectivity index (χ0) is 9.97. The fourth-order valence-electron chi connectivity index (χ4n) is 1.22. The SMILES string of the molecule is CNC(=O)c1cnc2cccnc2c1.Cl. The van der Waals surface area contributed by atoms with Crippen LogP contribution in [0.25, 0.3) is 11.0 Å². The Morgan fingerprint density at radius 2 is 2.13 bits per heavy atom. The van der Waals surface area contributed by atoms with Crippen molar-refractivity contribution < 1.29 is 4.79 Å². The van der Waals surface area contributed by atoms with Gasteiger partial charge in [-0.25, -0.2) is 0 Å². The van der Waals surface area contributed by atoms with Crippen LogP contribution in [0.15, 0.2) is 30.6 Å². The molecule has 0 aliphatic carbocycles. The van der Waals surface area contributed by atoms with Crippen molar-refractivity contribution in [2.45, 2.75) is 0 Å². The second-order valence-corrected chi connectivity index (χ2v) is 2.84. The van der Waals surface area contributed by atoms with Crippen LogP contribution < -0.4 is 5.32 Å². The van der Waals surface area contributed by atoms with E-state index >= 15 is 0 Å². The van der Waals surface area contributed by atoms with E-state index in [9.17, 15) is 4.79 Å². The van der Waals surface area contributed by atoms with Crippen LogP contribution in [0.3, 0.4) is 0 Å². The summed E-state index contributed by atoms with van der Waals surface area (Å²) in [5, 5.41) is 2.54. The molecule has 0 aromatic carbocycles. The molecule has 2 heterocycles. The summed E-state index contributed by atoms with van der Waals surface area (Å²) < 4.78 is 0. The first-order chi connectivity index (χ1) is 6.81. The summed E-state index contributed by atoms with van der Waals surface area (Å²) >= 11 is 0. The van der Waals surface area contributed by atoms with Gasteiger partial charge in [0, 0.05) is 19.4 Å². The smallest absolute Gasteiger partial charge is 0.252 e. The lowest BCUT2D eigenvalue weighted by Crippen LogP contribution is -2.17. The summed E-state index contributed by atoms with van der Waals surface area (Å²) in [4.78, 5) is 19.5. The number of pyridine rings is 2. The van der Waals surface area contributed by atoms with Crippen molar-refractivity contribution in [3.05, 3.63) is 36.2 Å². The van der Waals surface area contributed by atoms with Gasteiger partial charge in [-0.05, 0) is 18.2 Å². The van der Waals surface area contributed by atoms with E-state index < -0.39 is 0 Å². The number of halogens is 1. The maximum absolute atomic E-state index is 11.3. The summed E-state index contributed by atoms with van der Waals surface area (Å²) in [6.45, 7) is 0. The van der Waals surface area contributed by atoms with Gasteiger partial charge in [0.15, 0.2) is 0 Å². The van der Waals surface area contributed by atoms with Crippen molar-refractivity contribution >= 4 is 29.3 Å². The zero-order valence-corrected chi connectivity index (χ0v) is 8.91. The first-order valence-electron chi connectivity index (χ1n) is 4.24. The lowest BCUT2D eigenvalue weighted by molar-refractivity contribution is 0.0963. The molecule has 0 spiro atoms. The molecule has 78 valence electrons. The molecule has 2 aromatic rings. The van der Waals surface area contributed by atoms with Gasteiger partial charge in [0.25, 0.3) is 5.91 Å². The van der Waals surface area contributed by atoms with E-state index in [1.54, 1.807) is 25.5 Å². The number of carbonyl (C=O) groups excluding carboxylic acids is 1. The molecule has 0 unspecified atom stereocenters. The Bertz CT molecular complexity index is 487. The number of hydrogen-bond donors (Lipinski definition) is 1. The highest BCUT2D eigenvalue weighted by molar-refractivity contribution is 5.96. The van der Waals surface area contributed by atoms with Crippen LogP contribution in [0, 0.1) is 0 Å². The monoisotopic (exact) mass is 223 g/mol. The molecule has 0 saturated carbocycles. The molecule has 15 heavy (non-hydrogen) atoms. The fraction of sp³-hybridized carbons (Fsp3) is 0.100. The molecule has 0 radical (unpaired) electrons. The normalized spacial score (nSPS) is 9.40. The Labute approximate surface area is 93.1 Å².